The van der Waals surface area contributed by atoms with Crippen LogP contribution in [0.4, 0.5) is 0 Å². The average molecular weight is 172 g/mol. The first-order valence-electron chi connectivity index (χ1n) is 4.86. The van der Waals surface area contributed by atoms with E-state index in [0.29, 0.717) is 17.9 Å². The molecule has 0 aromatic heterocycles. The van der Waals surface area contributed by atoms with E-state index >= 15 is 0 Å². The van der Waals surface area contributed by atoms with Gasteiger partial charge in [0.15, 0.2) is 0 Å². The number of ether oxygens (including phenoxy) is 1. The van der Waals surface area contributed by atoms with Crippen LogP contribution >= 0.6 is 0 Å². The molecule has 1 rings (SSSR count). The topological polar surface area (TPSA) is 29.5 Å². The molecule has 2 heteroatoms. The summed E-state index contributed by atoms with van der Waals surface area (Å²) in [7, 11) is 1.76. The van der Waals surface area contributed by atoms with Crippen LogP contribution in [-0.2, 0) is 4.74 Å². The molecule has 1 saturated carbocycles. The number of hydrogen-bond acceptors (Lipinski definition) is 2. The van der Waals surface area contributed by atoms with Crippen molar-refractivity contribution in [1.29, 1.82) is 0 Å². The smallest absolute Gasteiger partial charge is 0.0576 e. The molecule has 72 valence electrons. The predicted molar refractivity (Wildman–Crippen MR) is 49.0 cm³/mol. The zero-order valence-corrected chi connectivity index (χ0v) is 8.29. The molecule has 0 amide bonds. The minimum atomic E-state index is -0.101. The summed E-state index contributed by atoms with van der Waals surface area (Å²) in [6.45, 7) is 4.35. The first-order chi connectivity index (χ1) is 5.65. The van der Waals surface area contributed by atoms with Gasteiger partial charge in [-0.1, -0.05) is 13.8 Å². The molecule has 0 radical (unpaired) electrons. The normalized spacial score (nSPS) is 37.2. The van der Waals surface area contributed by atoms with E-state index in [2.05, 4.69) is 13.8 Å². The fourth-order valence-corrected chi connectivity index (χ4v) is 2.08. The minimum absolute atomic E-state index is 0.101. The van der Waals surface area contributed by atoms with Crippen LogP contribution in [0, 0.1) is 11.8 Å². The van der Waals surface area contributed by atoms with E-state index < -0.39 is 0 Å². The lowest BCUT2D eigenvalue weighted by Crippen LogP contribution is -2.35. The molecular weight excluding hydrogens is 152 g/mol. The maximum absolute atomic E-state index is 9.70. The second-order valence-electron chi connectivity index (χ2n) is 4.15. The van der Waals surface area contributed by atoms with Crippen LogP contribution in [0.1, 0.15) is 33.1 Å². The fraction of sp³-hybridized carbons (Fsp3) is 1.00. The molecule has 12 heavy (non-hydrogen) atoms. The van der Waals surface area contributed by atoms with Crippen LogP contribution in [0.5, 0.6) is 0 Å². The van der Waals surface area contributed by atoms with Gasteiger partial charge in [0.05, 0.1) is 12.2 Å². The van der Waals surface area contributed by atoms with Gasteiger partial charge >= 0.3 is 0 Å². The Morgan fingerprint density at radius 2 is 2.00 bits per heavy atom. The highest BCUT2D eigenvalue weighted by molar-refractivity contribution is 4.81. The summed E-state index contributed by atoms with van der Waals surface area (Å²) in [5.41, 5.74) is 0. The van der Waals surface area contributed by atoms with Gasteiger partial charge in [-0.25, -0.2) is 0 Å². The van der Waals surface area contributed by atoms with E-state index in [4.69, 9.17) is 4.74 Å². The molecular formula is C10H20O2. The molecule has 2 nitrogen and oxygen atoms in total. The molecule has 0 bridgehead atoms. The third-order valence-electron chi connectivity index (χ3n) is 3.00. The van der Waals surface area contributed by atoms with Crippen molar-refractivity contribution in [3.63, 3.8) is 0 Å². The van der Waals surface area contributed by atoms with Gasteiger partial charge in [0.1, 0.15) is 0 Å². The van der Waals surface area contributed by atoms with Crippen molar-refractivity contribution in [1.82, 2.24) is 0 Å². The molecule has 1 fully saturated rings. The van der Waals surface area contributed by atoms with Crippen molar-refractivity contribution in [2.75, 3.05) is 7.11 Å². The molecule has 0 saturated heterocycles. The van der Waals surface area contributed by atoms with Gasteiger partial charge < -0.3 is 9.84 Å². The maximum Gasteiger partial charge on any atom is 0.0576 e. The quantitative estimate of drug-likeness (QED) is 0.688. The summed E-state index contributed by atoms with van der Waals surface area (Å²) in [6, 6.07) is 0. The summed E-state index contributed by atoms with van der Waals surface area (Å²) in [5, 5.41) is 9.70. The third-order valence-corrected chi connectivity index (χ3v) is 3.00. The van der Waals surface area contributed by atoms with E-state index in [1.807, 2.05) is 0 Å². The van der Waals surface area contributed by atoms with E-state index in [0.717, 1.165) is 19.3 Å². The van der Waals surface area contributed by atoms with E-state index in [1.165, 1.54) is 0 Å². The molecule has 3 unspecified atom stereocenters. The summed E-state index contributed by atoms with van der Waals surface area (Å²) in [4.78, 5) is 0. The Hall–Kier alpha value is -0.0800. The van der Waals surface area contributed by atoms with Crippen LogP contribution in [0.3, 0.4) is 0 Å². The Labute approximate surface area is 74.9 Å². The van der Waals surface area contributed by atoms with Crippen molar-refractivity contribution in [3.05, 3.63) is 0 Å². The van der Waals surface area contributed by atoms with Crippen molar-refractivity contribution in [3.8, 4) is 0 Å². The molecule has 3 atom stereocenters. The summed E-state index contributed by atoms with van der Waals surface area (Å²) >= 11 is 0. The van der Waals surface area contributed by atoms with E-state index in [9.17, 15) is 5.11 Å². The first-order valence-corrected chi connectivity index (χ1v) is 4.86. The summed E-state index contributed by atoms with van der Waals surface area (Å²) < 4.78 is 5.31. The average Bonchev–Trinajstić information content (AvgIpc) is 2.05. The highest BCUT2D eigenvalue weighted by atomic mass is 16.5. The SMILES string of the molecule is COC1CCC(O)C(C(C)C)C1. The molecule has 0 heterocycles. The van der Waals surface area contributed by atoms with Gasteiger partial charge in [-0.05, 0) is 31.1 Å². The minimum Gasteiger partial charge on any atom is -0.393 e. The number of aliphatic hydroxyl groups excluding tert-OH is 1. The van der Waals surface area contributed by atoms with Gasteiger partial charge in [-0.3, -0.25) is 0 Å². The zero-order valence-electron chi connectivity index (χ0n) is 8.29. The maximum atomic E-state index is 9.70. The first kappa shape index (κ1) is 10.0. The number of aliphatic hydroxyl groups is 1. The lowest BCUT2D eigenvalue weighted by molar-refractivity contribution is -0.0284. The molecule has 1 N–H and O–H groups in total. The molecule has 0 aromatic rings. The fourth-order valence-electron chi connectivity index (χ4n) is 2.08. The second-order valence-corrected chi connectivity index (χ2v) is 4.15. The van der Waals surface area contributed by atoms with Crippen molar-refractivity contribution in [2.45, 2.75) is 45.3 Å². The highest BCUT2D eigenvalue weighted by Gasteiger charge is 2.30. The zero-order chi connectivity index (χ0) is 9.14. The Kier molecular flexibility index (Phi) is 3.53. The van der Waals surface area contributed by atoms with Gasteiger partial charge in [0, 0.05) is 7.11 Å². The van der Waals surface area contributed by atoms with E-state index in [-0.39, 0.29) is 6.10 Å². The molecule has 1 aliphatic carbocycles. The monoisotopic (exact) mass is 172 g/mol. The highest BCUT2D eigenvalue weighted by Crippen LogP contribution is 2.31. The Morgan fingerprint density at radius 1 is 1.33 bits per heavy atom. The second kappa shape index (κ2) is 4.24. The number of methoxy groups -OCH3 is 1. The Balaban J connectivity index is 2.47. The predicted octanol–water partition coefficient (Wildman–Crippen LogP) is 1.82. The van der Waals surface area contributed by atoms with Gasteiger partial charge in [-0.2, -0.15) is 0 Å². The lowest BCUT2D eigenvalue weighted by Gasteiger charge is -2.34. The van der Waals surface area contributed by atoms with Crippen LogP contribution in [0.25, 0.3) is 0 Å². The molecule has 0 aliphatic heterocycles. The van der Waals surface area contributed by atoms with Crippen LogP contribution < -0.4 is 0 Å². The molecule has 0 spiro atoms. The third kappa shape index (κ3) is 2.20. The van der Waals surface area contributed by atoms with Crippen molar-refractivity contribution in [2.24, 2.45) is 11.8 Å². The van der Waals surface area contributed by atoms with Crippen molar-refractivity contribution >= 4 is 0 Å². The van der Waals surface area contributed by atoms with E-state index in [1.54, 1.807) is 7.11 Å². The van der Waals surface area contributed by atoms with Crippen LogP contribution in [0.15, 0.2) is 0 Å². The van der Waals surface area contributed by atoms with Crippen LogP contribution in [0.2, 0.25) is 0 Å². The van der Waals surface area contributed by atoms with Gasteiger partial charge in [-0.15, -0.1) is 0 Å². The summed E-state index contributed by atoms with van der Waals surface area (Å²) in [5.74, 6) is 1.00. The van der Waals surface area contributed by atoms with Crippen LogP contribution in [-0.4, -0.2) is 24.4 Å². The summed E-state index contributed by atoms with van der Waals surface area (Å²) in [6.07, 6.45) is 3.22. The van der Waals surface area contributed by atoms with Gasteiger partial charge in [0.2, 0.25) is 0 Å². The number of hydrogen-bond donors (Lipinski definition) is 1. The van der Waals surface area contributed by atoms with Gasteiger partial charge in [0.25, 0.3) is 0 Å². The lowest BCUT2D eigenvalue weighted by atomic mass is 9.78. The largest absolute Gasteiger partial charge is 0.393 e. The van der Waals surface area contributed by atoms with Crippen molar-refractivity contribution < 1.29 is 9.84 Å². The molecule has 1 aliphatic rings. The molecule has 0 aromatic carbocycles. The number of rotatable bonds is 2. The Bertz CT molecular complexity index is 134. The standard InChI is InChI=1S/C10H20O2/c1-7(2)9-6-8(12-3)4-5-10(9)11/h7-11H,4-6H2,1-3H3. The Morgan fingerprint density at radius 3 is 2.50 bits per heavy atom.